The molecule has 1 amide bonds. The minimum atomic E-state index is -0.232. The lowest BCUT2D eigenvalue weighted by molar-refractivity contribution is -0.892. The number of rotatable bonds is 5. The number of hydrogen-bond acceptors (Lipinski definition) is 4. The second-order valence-corrected chi connectivity index (χ2v) is 8.64. The van der Waals surface area contributed by atoms with Crippen LogP contribution in [0.15, 0.2) is 48.5 Å². The quantitative estimate of drug-likeness (QED) is 0.807. The van der Waals surface area contributed by atoms with Crippen molar-refractivity contribution in [3.05, 3.63) is 59.9 Å². The fourth-order valence-corrected chi connectivity index (χ4v) is 5.34. The van der Waals surface area contributed by atoms with E-state index in [1.165, 1.54) is 11.0 Å². The Morgan fingerprint density at radius 2 is 1.97 bits per heavy atom. The number of ether oxygens (including phenoxy) is 1. The van der Waals surface area contributed by atoms with Gasteiger partial charge in [0.2, 0.25) is 0 Å². The topological polar surface area (TPSA) is 37.2 Å². The van der Waals surface area contributed by atoms with E-state index in [1.807, 2.05) is 23.1 Å². The fraction of sp³-hybridized carbons (Fsp3) is 0.409. The second kappa shape index (κ2) is 9.05. The lowest BCUT2D eigenvalue weighted by Crippen LogP contribution is -3.15. The van der Waals surface area contributed by atoms with Gasteiger partial charge in [-0.15, -0.1) is 11.8 Å². The fourth-order valence-electron chi connectivity index (χ4n) is 4.04. The summed E-state index contributed by atoms with van der Waals surface area (Å²) in [5.74, 6) is 1.60. The maximum Gasteiger partial charge on any atom is 0.278 e. The number of carbonyl (C=O) groups excluding carboxylic acids is 1. The van der Waals surface area contributed by atoms with Gasteiger partial charge in [0, 0.05) is 29.6 Å². The van der Waals surface area contributed by atoms with Gasteiger partial charge in [-0.3, -0.25) is 4.79 Å². The number of piperazine rings is 1. The molecule has 0 aliphatic carbocycles. The molecule has 2 aliphatic rings. The molecule has 0 aromatic heterocycles. The standard InChI is InChI=1S/C22H26FN3O2S/c1-28-18-6-4-5-17(15-18)25-11-9-24(10-12-25)16-21(27)26-13-14-29-22(26)19-7-2-3-8-20(19)23/h2-8,15,22H,9-14,16H2,1H3/p+1/t22-/m1/s1. The van der Waals surface area contributed by atoms with Crippen LogP contribution in [-0.2, 0) is 4.79 Å². The van der Waals surface area contributed by atoms with Gasteiger partial charge < -0.3 is 19.4 Å². The second-order valence-electron chi connectivity index (χ2n) is 7.45. The van der Waals surface area contributed by atoms with Crippen LogP contribution in [-0.4, -0.2) is 62.9 Å². The predicted molar refractivity (Wildman–Crippen MR) is 114 cm³/mol. The number of nitrogens with zero attached hydrogens (tertiary/aromatic N) is 2. The van der Waals surface area contributed by atoms with Crippen molar-refractivity contribution < 1.29 is 18.8 Å². The van der Waals surface area contributed by atoms with Gasteiger partial charge in [-0.05, 0) is 18.2 Å². The summed E-state index contributed by atoms with van der Waals surface area (Å²) in [7, 11) is 1.68. The summed E-state index contributed by atoms with van der Waals surface area (Å²) in [6.45, 7) is 4.79. The average molecular weight is 417 g/mol. The molecule has 2 heterocycles. The van der Waals surface area contributed by atoms with E-state index in [4.69, 9.17) is 4.74 Å². The summed E-state index contributed by atoms with van der Waals surface area (Å²) < 4.78 is 19.5. The molecule has 5 nitrogen and oxygen atoms in total. The molecule has 29 heavy (non-hydrogen) atoms. The Morgan fingerprint density at radius 3 is 2.72 bits per heavy atom. The largest absolute Gasteiger partial charge is 0.497 e. The Labute approximate surface area is 175 Å². The molecule has 2 saturated heterocycles. The van der Waals surface area contributed by atoms with E-state index < -0.39 is 0 Å². The summed E-state index contributed by atoms with van der Waals surface area (Å²) in [6.07, 6.45) is 0. The molecule has 2 aromatic rings. The highest BCUT2D eigenvalue weighted by Crippen LogP contribution is 2.38. The van der Waals surface area contributed by atoms with Crippen molar-refractivity contribution in [3.63, 3.8) is 0 Å². The number of hydrogen-bond donors (Lipinski definition) is 1. The number of halogens is 1. The highest BCUT2D eigenvalue weighted by molar-refractivity contribution is 7.99. The van der Waals surface area contributed by atoms with Crippen LogP contribution in [0.2, 0.25) is 0 Å². The van der Waals surface area contributed by atoms with Crippen molar-refractivity contribution in [1.82, 2.24) is 4.90 Å². The van der Waals surface area contributed by atoms with Crippen molar-refractivity contribution in [2.45, 2.75) is 5.37 Å². The van der Waals surface area contributed by atoms with Crippen LogP contribution in [0.4, 0.5) is 10.1 Å². The molecule has 0 radical (unpaired) electrons. The molecule has 7 heteroatoms. The zero-order chi connectivity index (χ0) is 20.2. The zero-order valence-electron chi connectivity index (χ0n) is 16.6. The third-order valence-electron chi connectivity index (χ3n) is 5.67. The zero-order valence-corrected chi connectivity index (χ0v) is 17.5. The van der Waals surface area contributed by atoms with Gasteiger partial charge in [0.05, 0.1) is 33.3 Å². The first-order valence-corrected chi connectivity index (χ1v) is 11.1. The molecule has 2 aromatic carbocycles. The number of nitrogens with one attached hydrogen (secondary N) is 1. The molecule has 4 rings (SSSR count). The minimum Gasteiger partial charge on any atom is -0.497 e. The van der Waals surface area contributed by atoms with E-state index in [-0.39, 0.29) is 17.1 Å². The summed E-state index contributed by atoms with van der Waals surface area (Å²) in [5, 5.41) is -0.207. The molecule has 0 bridgehead atoms. The number of methoxy groups -OCH3 is 1. The molecule has 1 atom stereocenters. The molecular weight excluding hydrogens is 389 g/mol. The van der Waals surface area contributed by atoms with Gasteiger partial charge in [0.1, 0.15) is 16.9 Å². The molecule has 2 fully saturated rings. The summed E-state index contributed by atoms with van der Waals surface area (Å²) >= 11 is 1.64. The maximum atomic E-state index is 14.2. The van der Waals surface area contributed by atoms with E-state index >= 15 is 0 Å². The van der Waals surface area contributed by atoms with Crippen molar-refractivity contribution in [2.75, 3.05) is 57.0 Å². The summed E-state index contributed by atoms with van der Waals surface area (Å²) in [4.78, 5) is 18.5. The first-order valence-electron chi connectivity index (χ1n) is 10.0. The summed E-state index contributed by atoms with van der Waals surface area (Å²) in [5.41, 5.74) is 1.77. The van der Waals surface area contributed by atoms with Crippen LogP contribution < -0.4 is 14.5 Å². The molecular formula is C22H27FN3O2S+. The van der Waals surface area contributed by atoms with Gasteiger partial charge >= 0.3 is 0 Å². The highest BCUT2D eigenvalue weighted by Gasteiger charge is 2.34. The average Bonchev–Trinajstić information content (AvgIpc) is 3.24. The third-order valence-corrected chi connectivity index (χ3v) is 6.92. The molecule has 0 unspecified atom stereocenters. The Hall–Kier alpha value is -2.25. The van der Waals surface area contributed by atoms with Gasteiger partial charge in [-0.25, -0.2) is 4.39 Å². The van der Waals surface area contributed by atoms with E-state index in [0.29, 0.717) is 18.7 Å². The van der Waals surface area contributed by atoms with Gasteiger partial charge in [-0.1, -0.05) is 24.3 Å². The van der Waals surface area contributed by atoms with E-state index in [1.54, 1.807) is 31.0 Å². The monoisotopic (exact) mass is 416 g/mol. The minimum absolute atomic E-state index is 0.119. The smallest absolute Gasteiger partial charge is 0.278 e. The Bertz CT molecular complexity index is 857. The van der Waals surface area contributed by atoms with Gasteiger partial charge in [0.15, 0.2) is 6.54 Å². The number of benzene rings is 2. The Morgan fingerprint density at radius 1 is 1.17 bits per heavy atom. The maximum absolute atomic E-state index is 14.2. The molecule has 1 N–H and O–H groups in total. The van der Waals surface area contributed by atoms with E-state index in [2.05, 4.69) is 17.0 Å². The van der Waals surface area contributed by atoms with Crippen molar-refractivity contribution in [3.8, 4) is 5.75 Å². The molecule has 2 aliphatic heterocycles. The lowest BCUT2D eigenvalue weighted by Gasteiger charge is -2.34. The number of anilines is 1. The van der Waals surface area contributed by atoms with E-state index in [9.17, 15) is 9.18 Å². The SMILES string of the molecule is COc1cccc(N2CC[NH+](CC(=O)N3CCS[C@@H]3c3ccccc3F)CC2)c1. The van der Waals surface area contributed by atoms with Crippen LogP contribution in [0.1, 0.15) is 10.9 Å². The van der Waals surface area contributed by atoms with Crippen LogP contribution in [0.3, 0.4) is 0 Å². The van der Waals surface area contributed by atoms with Crippen LogP contribution >= 0.6 is 11.8 Å². The first-order chi connectivity index (χ1) is 14.2. The van der Waals surface area contributed by atoms with Gasteiger partial charge in [-0.2, -0.15) is 0 Å². The highest BCUT2D eigenvalue weighted by atomic mass is 32.2. The first kappa shape index (κ1) is 20.0. The number of amides is 1. The number of carbonyl (C=O) groups is 1. The number of thioether (sulfide) groups is 1. The Kier molecular flexibility index (Phi) is 6.25. The summed E-state index contributed by atoms with van der Waals surface area (Å²) in [6, 6.07) is 14.9. The lowest BCUT2D eigenvalue weighted by atomic mass is 10.2. The van der Waals surface area contributed by atoms with Crippen LogP contribution in [0.5, 0.6) is 5.75 Å². The molecule has 154 valence electrons. The van der Waals surface area contributed by atoms with Crippen molar-refractivity contribution in [1.29, 1.82) is 0 Å². The third kappa shape index (κ3) is 4.51. The molecule has 0 spiro atoms. The van der Waals surface area contributed by atoms with Crippen LogP contribution in [0, 0.1) is 5.82 Å². The molecule has 0 saturated carbocycles. The van der Waals surface area contributed by atoms with Crippen LogP contribution in [0.25, 0.3) is 0 Å². The van der Waals surface area contributed by atoms with E-state index in [0.717, 1.165) is 43.4 Å². The van der Waals surface area contributed by atoms with Crippen molar-refractivity contribution in [2.24, 2.45) is 0 Å². The van der Waals surface area contributed by atoms with Gasteiger partial charge in [0.25, 0.3) is 5.91 Å². The van der Waals surface area contributed by atoms with Crippen molar-refractivity contribution >= 4 is 23.4 Å². The predicted octanol–water partition coefficient (Wildman–Crippen LogP) is 1.81. The number of quaternary nitrogens is 1. The Balaban J connectivity index is 1.34. The normalized spacial score (nSPS) is 20.1.